The zero-order valence-corrected chi connectivity index (χ0v) is 19.4. The van der Waals surface area contributed by atoms with Crippen LogP contribution in [0.25, 0.3) is 0 Å². The average molecular weight is 375 g/mol. The van der Waals surface area contributed by atoms with Gasteiger partial charge in [0, 0.05) is 5.25 Å². The van der Waals surface area contributed by atoms with Gasteiger partial charge in [-0.3, -0.25) is 0 Å². The first-order valence-corrected chi connectivity index (χ1v) is 10.5. The molecule has 0 fully saturated rings. The van der Waals surface area contributed by atoms with Crippen LogP contribution in [0.2, 0.25) is 0 Å². The van der Waals surface area contributed by atoms with Crippen LogP contribution < -0.4 is 51.4 Å². The Morgan fingerprint density at radius 3 is 1.61 bits per heavy atom. The molecule has 4 nitrogen and oxygen atoms in total. The monoisotopic (exact) mass is 374 g/mol. The van der Waals surface area contributed by atoms with E-state index < -0.39 is 15.4 Å². The van der Waals surface area contributed by atoms with E-state index in [0.717, 1.165) is 70.6 Å². The predicted octanol–water partition coefficient (Wildman–Crippen LogP) is 1.38. The fraction of sp³-hybridized carbons (Fsp3) is 1.00. The maximum Gasteiger partial charge on any atom is 1.00 e. The third kappa shape index (κ3) is 18.1. The molecule has 0 saturated heterocycles. The SMILES string of the molecule is CCCCCCC(CCCCCCCCC(C)O)S(=O)(=O)[O-].[K+]. The predicted molar refractivity (Wildman–Crippen MR) is 90.9 cm³/mol. The van der Waals surface area contributed by atoms with Gasteiger partial charge in [-0.15, -0.1) is 0 Å². The van der Waals surface area contributed by atoms with Crippen molar-refractivity contribution >= 4 is 10.1 Å². The van der Waals surface area contributed by atoms with Crippen LogP contribution >= 0.6 is 0 Å². The van der Waals surface area contributed by atoms with E-state index in [0.29, 0.717) is 12.8 Å². The average Bonchev–Trinajstić information content (AvgIpc) is 2.42. The molecule has 6 heteroatoms. The summed E-state index contributed by atoms with van der Waals surface area (Å²) in [5.41, 5.74) is 0. The van der Waals surface area contributed by atoms with E-state index in [4.69, 9.17) is 5.11 Å². The van der Waals surface area contributed by atoms with Crippen molar-refractivity contribution in [3.05, 3.63) is 0 Å². The minimum atomic E-state index is -4.14. The Morgan fingerprint density at radius 2 is 1.22 bits per heavy atom. The number of aliphatic hydroxyl groups excluding tert-OH is 1. The molecule has 0 spiro atoms. The molecule has 0 heterocycles. The van der Waals surface area contributed by atoms with Crippen molar-refractivity contribution in [3.8, 4) is 0 Å². The van der Waals surface area contributed by atoms with E-state index in [-0.39, 0.29) is 57.5 Å². The van der Waals surface area contributed by atoms with Crippen LogP contribution in [-0.4, -0.2) is 29.4 Å². The van der Waals surface area contributed by atoms with Crippen LogP contribution in [0.1, 0.15) is 97.3 Å². The Balaban J connectivity index is 0. The van der Waals surface area contributed by atoms with E-state index in [1.165, 1.54) is 0 Å². The molecule has 0 aromatic rings. The summed E-state index contributed by atoms with van der Waals surface area (Å²) in [6, 6.07) is 0. The maximum atomic E-state index is 11.3. The Kier molecular flexibility index (Phi) is 19.7. The Hall–Kier alpha value is 1.51. The van der Waals surface area contributed by atoms with Gasteiger partial charge in [-0.1, -0.05) is 71.1 Å². The summed E-state index contributed by atoms with van der Waals surface area (Å²) in [5, 5.41) is 8.47. The van der Waals surface area contributed by atoms with E-state index in [1.54, 1.807) is 0 Å². The van der Waals surface area contributed by atoms with Crippen molar-refractivity contribution in [2.24, 2.45) is 0 Å². The Morgan fingerprint density at radius 1 is 0.826 bits per heavy atom. The van der Waals surface area contributed by atoms with Gasteiger partial charge in [-0.05, 0) is 26.2 Å². The molecule has 0 aliphatic carbocycles. The smallest absolute Gasteiger partial charge is 0.748 e. The molecule has 0 saturated carbocycles. The number of unbranched alkanes of at least 4 members (excludes halogenated alkanes) is 8. The molecule has 0 aromatic carbocycles. The molecule has 0 aliphatic rings. The first-order chi connectivity index (χ1) is 10.4. The van der Waals surface area contributed by atoms with E-state index in [1.807, 2.05) is 6.92 Å². The molecule has 2 unspecified atom stereocenters. The topological polar surface area (TPSA) is 77.4 Å². The molecule has 23 heavy (non-hydrogen) atoms. The van der Waals surface area contributed by atoms with Gasteiger partial charge < -0.3 is 9.66 Å². The molecule has 0 amide bonds. The van der Waals surface area contributed by atoms with Crippen LogP contribution in [-0.2, 0) is 10.1 Å². The maximum absolute atomic E-state index is 11.3. The van der Waals surface area contributed by atoms with Crippen molar-refractivity contribution in [2.75, 3.05) is 0 Å². The van der Waals surface area contributed by atoms with Gasteiger partial charge in [0.15, 0.2) is 0 Å². The van der Waals surface area contributed by atoms with Crippen molar-refractivity contribution in [3.63, 3.8) is 0 Å². The number of hydrogen-bond donors (Lipinski definition) is 1. The number of hydrogen-bond acceptors (Lipinski definition) is 4. The molecular weight excluding hydrogens is 339 g/mol. The number of aliphatic hydroxyl groups is 1. The van der Waals surface area contributed by atoms with Gasteiger partial charge in [0.1, 0.15) is 0 Å². The van der Waals surface area contributed by atoms with Crippen molar-refractivity contribution in [1.82, 2.24) is 0 Å². The molecule has 0 bridgehead atoms. The van der Waals surface area contributed by atoms with Crippen LogP contribution in [0.4, 0.5) is 0 Å². The molecule has 2 atom stereocenters. The quantitative estimate of drug-likeness (QED) is 0.267. The Labute approximate surface area is 186 Å². The summed E-state index contributed by atoms with van der Waals surface area (Å²) in [4.78, 5) is 0. The largest absolute Gasteiger partial charge is 1.00 e. The van der Waals surface area contributed by atoms with Gasteiger partial charge >= 0.3 is 51.4 Å². The number of rotatable bonds is 15. The van der Waals surface area contributed by atoms with E-state index in [9.17, 15) is 13.0 Å². The normalized spacial score (nSPS) is 14.3. The van der Waals surface area contributed by atoms with Crippen LogP contribution in [0.5, 0.6) is 0 Å². The Bertz CT molecular complexity index is 345. The summed E-state index contributed by atoms with van der Waals surface area (Å²) in [6.07, 6.45) is 12.0. The molecule has 0 radical (unpaired) electrons. The molecule has 0 aliphatic heterocycles. The summed E-state index contributed by atoms with van der Waals surface area (Å²) < 4.78 is 33.9. The van der Waals surface area contributed by atoms with Crippen molar-refractivity contribution < 1.29 is 69.5 Å². The third-order valence-electron chi connectivity index (χ3n) is 4.19. The zero-order chi connectivity index (χ0) is 16.8. The summed E-state index contributed by atoms with van der Waals surface area (Å²) in [6.45, 7) is 3.92. The second kappa shape index (κ2) is 16.9. The minimum absolute atomic E-state index is 0. The first-order valence-electron chi connectivity index (χ1n) is 9.00. The second-order valence-corrected chi connectivity index (χ2v) is 8.16. The zero-order valence-electron chi connectivity index (χ0n) is 15.4. The van der Waals surface area contributed by atoms with Gasteiger partial charge in [-0.25, -0.2) is 8.42 Å². The third-order valence-corrected chi connectivity index (χ3v) is 5.47. The van der Waals surface area contributed by atoms with Gasteiger partial charge in [0.25, 0.3) is 0 Å². The van der Waals surface area contributed by atoms with E-state index in [2.05, 4.69) is 6.92 Å². The molecular formula is C17H35KO4S. The summed E-state index contributed by atoms with van der Waals surface area (Å²) >= 11 is 0. The first kappa shape index (κ1) is 26.7. The molecule has 0 rings (SSSR count). The van der Waals surface area contributed by atoms with Crippen LogP contribution in [0.3, 0.4) is 0 Å². The standard InChI is InChI=1S/C17H36O4S.K/c1-3-4-5-11-14-17(22(19,20)21)15-12-9-7-6-8-10-13-16(2)18;/h16-18H,3-15H2,1-2H3,(H,19,20,21);/q;+1/p-1. The molecule has 134 valence electrons. The van der Waals surface area contributed by atoms with Crippen molar-refractivity contribution in [1.29, 1.82) is 0 Å². The molecule has 1 N–H and O–H groups in total. The van der Waals surface area contributed by atoms with Crippen LogP contribution in [0.15, 0.2) is 0 Å². The second-order valence-electron chi connectivity index (χ2n) is 6.51. The van der Waals surface area contributed by atoms with Crippen molar-refractivity contribution in [2.45, 2.75) is 109 Å². The minimum Gasteiger partial charge on any atom is -0.748 e. The fourth-order valence-corrected chi connectivity index (χ4v) is 3.66. The van der Waals surface area contributed by atoms with Gasteiger partial charge in [-0.2, -0.15) is 0 Å². The van der Waals surface area contributed by atoms with Gasteiger partial charge in [0.05, 0.1) is 16.2 Å². The van der Waals surface area contributed by atoms with E-state index >= 15 is 0 Å². The van der Waals surface area contributed by atoms with Gasteiger partial charge in [0.2, 0.25) is 0 Å². The fourth-order valence-electron chi connectivity index (χ4n) is 2.75. The van der Waals surface area contributed by atoms with Crippen LogP contribution in [0, 0.1) is 0 Å². The summed E-state index contributed by atoms with van der Waals surface area (Å²) in [7, 11) is -4.14. The summed E-state index contributed by atoms with van der Waals surface area (Å²) in [5.74, 6) is 0. The molecule has 0 aromatic heterocycles.